The van der Waals surface area contributed by atoms with E-state index in [4.69, 9.17) is 24.7 Å². The summed E-state index contributed by atoms with van der Waals surface area (Å²) in [4.78, 5) is 75.5. The fourth-order valence-corrected chi connectivity index (χ4v) is 13.1. The number of phenols is 2. The molecule has 356 valence electrons. The molecule has 66 heavy (non-hydrogen) atoms. The average Bonchev–Trinajstić information content (AvgIpc) is 3.64. The topological polar surface area (TPSA) is 267 Å². The lowest BCUT2D eigenvalue weighted by Crippen LogP contribution is -2.53. The van der Waals surface area contributed by atoms with Gasteiger partial charge in [0.1, 0.15) is 36.1 Å². The summed E-state index contributed by atoms with van der Waals surface area (Å²) in [5.74, 6) is -1.82. The van der Waals surface area contributed by atoms with Gasteiger partial charge in [0, 0.05) is 61.3 Å². The first-order valence-electron chi connectivity index (χ1n) is 23.1. The van der Waals surface area contributed by atoms with Gasteiger partial charge in [-0.3, -0.25) is 28.8 Å². The van der Waals surface area contributed by atoms with Crippen LogP contribution in [0.4, 0.5) is 0 Å². The molecule has 2 aromatic rings. The van der Waals surface area contributed by atoms with E-state index >= 15 is 0 Å². The summed E-state index contributed by atoms with van der Waals surface area (Å²) in [6.45, 7) is 6.56. The van der Waals surface area contributed by atoms with Crippen LogP contribution in [0.25, 0.3) is 0 Å². The fourth-order valence-electron chi connectivity index (χ4n) is 13.1. The first kappa shape index (κ1) is 47.6. The van der Waals surface area contributed by atoms with E-state index in [0.717, 1.165) is 44.9 Å². The third-order valence-electron chi connectivity index (χ3n) is 16.6. The molecule has 3 saturated carbocycles. The third-order valence-corrected chi connectivity index (χ3v) is 16.6. The van der Waals surface area contributed by atoms with Gasteiger partial charge in [0.15, 0.2) is 29.4 Å². The van der Waals surface area contributed by atoms with Crippen molar-refractivity contribution in [1.29, 1.82) is 0 Å². The molecule has 9 rings (SSSR count). The van der Waals surface area contributed by atoms with Crippen molar-refractivity contribution in [3.63, 3.8) is 0 Å². The summed E-state index contributed by atoms with van der Waals surface area (Å²) in [5.41, 5.74) is 3.99. The molecular formula is C50H61NO15. The zero-order valence-electron chi connectivity index (χ0n) is 38.1. The fraction of sp³-hybridized carbons (Fsp3) is 0.600. The lowest BCUT2D eigenvalue weighted by atomic mass is 9.46. The SMILES string of the molecule is CC(=O)OCC(=O)[C@H]1CC[C@H]2[C@@H]3CCC4=CC(=O)CC[C@]4(C)[C@H]3CC[C@]12C.COc1cccc2c1C(=O)c1c(O)c3c(c(O)c1C2=O)C[C@@](O)(C(=O)CO)C[C@@H]3O[C@H]1C[C@H](N)[C@H](O)[C@H](C)O1. The number of hydrogen-bond acceptors (Lipinski definition) is 16. The molecule has 4 fully saturated rings. The van der Waals surface area contributed by atoms with Crippen LogP contribution in [-0.4, -0.2) is 111 Å². The van der Waals surface area contributed by atoms with E-state index in [2.05, 4.69) is 13.8 Å². The standard InChI is InChI=1S/C27H29NO11.C23H32O4/c1-10-22(31)13(28)6-17(38-10)39-15-8-27(36,16(30)9-29)7-12-19(15)26(35)21-20(24(12)33)23(32)11-4-3-5-14(37-2)18(11)25(21)34;1-14(24)27-13-21(26)20-7-6-18-17-5-4-15-12-16(25)8-10-22(15,2)19(17)9-11-23(18,20)3/h3-5,10,13,15,17,22,29,31,33,35-36H,6-9,28H2,1-2H3;12,17-20H,4-11,13H2,1-3H3/t10-,13-,15-,17-,22+,27-;17-,18-,19-,20+,22-,23-/m00/s1. The Morgan fingerprint density at radius 3 is 2.35 bits per heavy atom. The van der Waals surface area contributed by atoms with Crippen molar-refractivity contribution in [2.75, 3.05) is 20.3 Å². The number of hydrogen-bond donors (Lipinski definition) is 6. The van der Waals surface area contributed by atoms with Crippen molar-refractivity contribution in [1.82, 2.24) is 0 Å². The molecule has 1 aliphatic heterocycles. The summed E-state index contributed by atoms with van der Waals surface area (Å²) in [6.07, 6.45) is 4.99. The zero-order valence-corrected chi connectivity index (χ0v) is 38.1. The summed E-state index contributed by atoms with van der Waals surface area (Å²) < 4.78 is 22.0. The molecule has 7 aliphatic rings. The normalized spacial score (nSPS) is 35.3. The first-order valence-corrected chi connectivity index (χ1v) is 23.1. The second-order valence-corrected chi connectivity index (χ2v) is 20.0. The van der Waals surface area contributed by atoms with E-state index in [0.29, 0.717) is 30.0 Å². The Labute approximate surface area is 382 Å². The number of aliphatic hydroxyl groups is 3. The number of carbonyl (C=O) groups is 6. The molecule has 0 unspecified atom stereocenters. The Hall–Kier alpha value is -4.84. The second-order valence-electron chi connectivity index (χ2n) is 20.0. The van der Waals surface area contributed by atoms with E-state index in [1.165, 1.54) is 37.8 Å². The van der Waals surface area contributed by atoms with Crippen molar-refractivity contribution in [3.05, 3.63) is 63.2 Å². The predicted molar refractivity (Wildman–Crippen MR) is 234 cm³/mol. The van der Waals surface area contributed by atoms with E-state index in [-0.39, 0.29) is 69.5 Å². The smallest absolute Gasteiger partial charge is 0.303 e. The number of phenolic OH excluding ortho intramolecular Hbond substituents is 2. The number of Topliss-reactive ketones (excluding diaryl/α,β-unsaturated/α-hetero) is 2. The van der Waals surface area contributed by atoms with Crippen LogP contribution in [0.3, 0.4) is 0 Å². The number of esters is 1. The number of ether oxygens (including phenoxy) is 4. The van der Waals surface area contributed by atoms with Crippen LogP contribution in [-0.2, 0) is 39.8 Å². The number of fused-ring (bicyclic) bond motifs is 8. The van der Waals surface area contributed by atoms with Gasteiger partial charge < -0.3 is 50.2 Å². The molecule has 0 aromatic heterocycles. The number of benzene rings is 2. The van der Waals surface area contributed by atoms with Gasteiger partial charge in [-0.1, -0.05) is 31.6 Å². The molecule has 6 aliphatic carbocycles. The minimum Gasteiger partial charge on any atom is -0.507 e. The molecule has 12 atom stereocenters. The predicted octanol–water partition coefficient (Wildman–Crippen LogP) is 4.27. The van der Waals surface area contributed by atoms with Crippen LogP contribution in [0.5, 0.6) is 17.2 Å². The summed E-state index contributed by atoms with van der Waals surface area (Å²) >= 11 is 0. The Morgan fingerprint density at radius 1 is 0.939 bits per heavy atom. The van der Waals surface area contributed by atoms with Gasteiger partial charge in [-0.05, 0) is 92.6 Å². The highest BCUT2D eigenvalue weighted by Crippen LogP contribution is 2.67. The molecule has 0 bridgehead atoms. The van der Waals surface area contributed by atoms with Gasteiger partial charge in [0.25, 0.3) is 0 Å². The molecular weight excluding hydrogens is 855 g/mol. The van der Waals surface area contributed by atoms with E-state index in [1.54, 1.807) is 6.92 Å². The highest BCUT2D eigenvalue weighted by atomic mass is 16.7. The van der Waals surface area contributed by atoms with E-state index in [1.807, 2.05) is 6.08 Å². The largest absolute Gasteiger partial charge is 0.507 e. The molecule has 2 aromatic carbocycles. The van der Waals surface area contributed by atoms with E-state index < -0.39 is 95.7 Å². The van der Waals surface area contributed by atoms with Crippen LogP contribution in [0, 0.1) is 34.5 Å². The first-order chi connectivity index (χ1) is 31.2. The minimum absolute atomic E-state index is 0.0173. The molecule has 16 nitrogen and oxygen atoms in total. The van der Waals surface area contributed by atoms with Crippen LogP contribution in [0.1, 0.15) is 141 Å². The van der Waals surface area contributed by atoms with Gasteiger partial charge in [-0.2, -0.15) is 0 Å². The van der Waals surface area contributed by atoms with Gasteiger partial charge in [0.05, 0.1) is 42.1 Å². The minimum atomic E-state index is -2.24. The van der Waals surface area contributed by atoms with Crippen LogP contribution in [0.2, 0.25) is 0 Å². The third kappa shape index (κ3) is 7.80. The maximum atomic E-state index is 13.6. The molecule has 16 heteroatoms. The van der Waals surface area contributed by atoms with Crippen molar-refractivity contribution in [2.24, 2.45) is 40.2 Å². The summed E-state index contributed by atoms with van der Waals surface area (Å²) in [5, 5.41) is 53.7. The number of ketones is 5. The molecule has 0 amide bonds. The Kier molecular flexibility index (Phi) is 12.8. The van der Waals surface area contributed by atoms with Crippen molar-refractivity contribution < 1.29 is 73.2 Å². The lowest BCUT2D eigenvalue weighted by molar-refractivity contribution is -0.247. The Balaban J connectivity index is 0.000000192. The number of nitrogens with two attached hydrogens (primary N) is 1. The van der Waals surface area contributed by atoms with Gasteiger partial charge in [0.2, 0.25) is 5.78 Å². The Morgan fingerprint density at radius 2 is 1.67 bits per heavy atom. The summed E-state index contributed by atoms with van der Waals surface area (Å²) in [7, 11) is 1.32. The molecule has 1 heterocycles. The van der Waals surface area contributed by atoms with Gasteiger partial charge in [-0.25, -0.2) is 0 Å². The monoisotopic (exact) mass is 915 g/mol. The molecule has 7 N–H and O–H groups in total. The molecule has 0 spiro atoms. The van der Waals surface area contributed by atoms with Gasteiger partial charge in [-0.15, -0.1) is 0 Å². The highest BCUT2D eigenvalue weighted by molar-refractivity contribution is 6.31. The average molecular weight is 916 g/mol. The molecule has 1 saturated heterocycles. The van der Waals surface area contributed by atoms with E-state index in [9.17, 15) is 54.3 Å². The number of methoxy groups -OCH3 is 1. The number of rotatable bonds is 8. The molecule has 0 radical (unpaired) electrons. The lowest BCUT2D eigenvalue weighted by Gasteiger charge is -2.58. The maximum absolute atomic E-state index is 13.6. The number of aliphatic hydroxyl groups excluding tert-OH is 2. The second kappa shape index (κ2) is 17.7. The Bertz CT molecular complexity index is 2400. The van der Waals surface area contributed by atoms with Crippen molar-refractivity contribution >= 4 is 34.9 Å². The highest BCUT2D eigenvalue weighted by Gasteiger charge is 2.60. The number of carbonyl (C=O) groups excluding carboxylic acids is 6. The number of allylic oxidation sites excluding steroid dienone is 1. The van der Waals surface area contributed by atoms with Crippen molar-refractivity contribution in [2.45, 2.75) is 135 Å². The van der Waals surface area contributed by atoms with Crippen LogP contribution in [0.15, 0.2) is 29.8 Å². The maximum Gasteiger partial charge on any atom is 0.303 e. The van der Waals surface area contributed by atoms with Gasteiger partial charge >= 0.3 is 5.97 Å². The van der Waals surface area contributed by atoms with Crippen molar-refractivity contribution in [3.8, 4) is 17.2 Å². The quantitative estimate of drug-likeness (QED) is 0.136. The van der Waals surface area contributed by atoms with Crippen LogP contribution < -0.4 is 10.5 Å². The zero-order chi connectivity index (χ0) is 47.8. The summed E-state index contributed by atoms with van der Waals surface area (Å²) in [6, 6.07) is 3.64. The van der Waals surface area contributed by atoms with Crippen LogP contribution >= 0.6 is 0 Å². The number of aromatic hydroxyl groups is 2.